The van der Waals surface area contributed by atoms with Crippen molar-refractivity contribution >= 4 is 5.82 Å². The maximum absolute atomic E-state index is 12.5. The van der Waals surface area contributed by atoms with Crippen LogP contribution in [0.25, 0.3) is 5.82 Å². The zero-order chi connectivity index (χ0) is 19.1. The number of rotatable bonds is 4. The molecule has 3 aromatic heterocycles. The quantitative estimate of drug-likeness (QED) is 0.724. The van der Waals surface area contributed by atoms with Gasteiger partial charge in [0.15, 0.2) is 5.82 Å². The largest absolute Gasteiger partial charge is 0.377 e. The predicted molar refractivity (Wildman–Crippen MR) is 102 cm³/mol. The molecule has 144 valence electrons. The highest BCUT2D eigenvalue weighted by Crippen LogP contribution is 2.29. The van der Waals surface area contributed by atoms with Crippen molar-refractivity contribution in [1.82, 2.24) is 29.5 Å². The summed E-state index contributed by atoms with van der Waals surface area (Å²) in [6.45, 7) is 2.81. The number of aryl methyl sites for hydroxylation is 2. The van der Waals surface area contributed by atoms with Gasteiger partial charge in [0.25, 0.3) is 5.56 Å². The lowest BCUT2D eigenvalue weighted by molar-refractivity contribution is 0.182. The Morgan fingerprint density at radius 2 is 2.14 bits per heavy atom. The third-order valence-corrected chi connectivity index (χ3v) is 5.28. The average Bonchev–Trinajstić information content (AvgIpc) is 3.43. The summed E-state index contributed by atoms with van der Waals surface area (Å²) in [6.07, 6.45) is 6.54. The molecular weight excluding hydrogens is 358 g/mol. The van der Waals surface area contributed by atoms with Gasteiger partial charge in [-0.15, -0.1) is 5.10 Å². The molecule has 9 heteroatoms. The topological polar surface area (TPSA) is 99.8 Å². The summed E-state index contributed by atoms with van der Waals surface area (Å²) in [5, 5.41) is 12.2. The first kappa shape index (κ1) is 17.1. The SMILES string of the molecule is Cc1nc2c(c(NC3COCC3n3nc(-n4cccn4)ccc3=O)n1)CCC2. The summed E-state index contributed by atoms with van der Waals surface area (Å²) in [6, 6.07) is 4.68. The number of aromatic nitrogens is 6. The van der Waals surface area contributed by atoms with Crippen LogP contribution >= 0.6 is 0 Å². The molecule has 0 saturated carbocycles. The van der Waals surface area contributed by atoms with Crippen LogP contribution in [0.15, 0.2) is 35.4 Å². The van der Waals surface area contributed by atoms with Crippen LogP contribution in [0.3, 0.4) is 0 Å². The van der Waals surface area contributed by atoms with E-state index in [9.17, 15) is 4.79 Å². The third-order valence-electron chi connectivity index (χ3n) is 5.28. The number of hydrogen-bond donors (Lipinski definition) is 1. The Balaban J connectivity index is 1.47. The smallest absolute Gasteiger partial charge is 0.267 e. The molecule has 0 spiro atoms. The number of fused-ring (bicyclic) bond motifs is 1. The van der Waals surface area contributed by atoms with E-state index in [1.165, 1.54) is 16.3 Å². The second-order valence-corrected chi connectivity index (χ2v) is 7.18. The minimum Gasteiger partial charge on any atom is -0.377 e. The summed E-state index contributed by atoms with van der Waals surface area (Å²) in [5.41, 5.74) is 2.14. The van der Waals surface area contributed by atoms with Gasteiger partial charge in [0.1, 0.15) is 17.7 Å². The molecule has 2 atom stereocenters. The van der Waals surface area contributed by atoms with Gasteiger partial charge in [-0.2, -0.15) is 5.10 Å². The van der Waals surface area contributed by atoms with Gasteiger partial charge in [0.05, 0.1) is 19.3 Å². The Labute approximate surface area is 161 Å². The van der Waals surface area contributed by atoms with E-state index in [-0.39, 0.29) is 17.6 Å². The van der Waals surface area contributed by atoms with Crippen LogP contribution in [-0.4, -0.2) is 48.8 Å². The maximum atomic E-state index is 12.5. The summed E-state index contributed by atoms with van der Waals surface area (Å²) < 4.78 is 8.83. The standard InChI is InChI=1S/C19H21N7O2/c1-12-21-14-5-2-4-13(14)19(22-12)23-15-10-28-11-16(15)26-18(27)7-6-17(24-26)25-9-3-8-20-25/h3,6-9,15-16H,2,4-5,10-11H2,1H3,(H,21,22,23). The van der Waals surface area contributed by atoms with Gasteiger partial charge < -0.3 is 10.1 Å². The van der Waals surface area contributed by atoms with Crippen LogP contribution in [0.2, 0.25) is 0 Å². The number of nitrogens with one attached hydrogen (secondary N) is 1. The van der Waals surface area contributed by atoms with Crippen molar-refractivity contribution in [3.63, 3.8) is 0 Å². The molecule has 0 aromatic carbocycles. The molecule has 0 amide bonds. The fourth-order valence-electron chi connectivity index (χ4n) is 3.95. The Morgan fingerprint density at radius 3 is 3.00 bits per heavy atom. The molecule has 2 aliphatic rings. The van der Waals surface area contributed by atoms with Crippen molar-refractivity contribution in [2.75, 3.05) is 18.5 Å². The summed E-state index contributed by atoms with van der Waals surface area (Å²) in [7, 11) is 0. The van der Waals surface area contributed by atoms with Gasteiger partial charge in [-0.05, 0) is 38.3 Å². The molecule has 1 fully saturated rings. The van der Waals surface area contributed by atoms with E-state index in [0.29, 0.717) is 19.0 Å². The van der Waals surface area contributed by atoms with Crippen LogP contribution in [0.5, 0.6) is 0 Å². The Morgan fingerprint density at radius 1 is 1.21 bits per heavy atom. The van der Waals surface area contributed by atoms with E-state index in [1.54, 1.807) is 23.1 Å². The van der Waals surface area contributed by atoms with Gasteiger partial charge in [-0.25, -0.2) is 19.3 Å². The highest BCUT2D eigenvalue weighted by atomic mass is 16.5. The van der Waals surface area contributed by atoms with E-state index in [0.717, 1.165) is 36.6 Å². The molecule has 28 heavy (non-hydrogen) atoms. The zero-order valence-electron chi connectivity index (χ0n) is 15.6. The molecule has 0 radical (unpaired) electrons. The normalized spacial score (nSPS) is 21.0. The van der Waals surface area contributed by atoms with Crippen molar-refractivity contribution in [3.05, 3.63) is 58.0 Å². The number of ether oxygens (including phenoxy) is 1. The fourth-order valence-corrected chi connectivity index (χ4v) is 3.95. The van der Waals surface area contributed by atoms with Crippen molar-refractivity contribution in [2.24, 2.45) is 0 Å². The van der Waals surface area contributed by atoms with Gasteiger partial charge in [0.2, 0.25) is 0 Å². The monoisotopic (exact) mass is 379 g/mol. The predicted octanol–water partition coefficient (Wildman–Crippen LogP) is 1.07. The molecule has 4 heterocycles. The van der Waals surface area contributed by atoms with Crippen LogP contribution < -0.4 is 10.9 Å². The lowest BCUT2D eigenvalue weighted by Crippen LogP contribution is -2.38. The lowest BCUT2D eigenvalue weighted by Gasteiger charge is -2.22. The van der Waals surface area contributed by atoms with E-state index < -0.39 is 0 Å². The van der Waals surface area contributed by atoms with E-state index in [4.69, 9.17) is 4.74 Å². The zero-order valence-corrected chi connectivity index (χ0v) is 15.6. The lowest BCUT2D eigenvalue weighted by atomic mass is 10.1. The van der Waals surface area contributed by atoms with Gasteiger partial charge in [-0.1, -0.05) is 0 Å². The van der Waals surface area contributed by atoms with Crippen LogP contribution in [0.4, 0.5) is 5.82 Å². The summed E-state index contributed by atoms with van der Waals surface area (Å²) in [5.74, 6) is 2.21. The molecule has 1 aliphatic heterocycles. The molecule has 5 rings (SSSR count). The van der Waals surface area contributed by atoms with Gasteiger partial charge >= 0.3 is 0 Å². The minimum absolute atomic E-state index is 0.0999. The number of hydrogen-bond acceptors (Lipinski definition) is 7. The van der Waals surface area contributed by atoms with Crippen molar-refractivity contribution < 1.29 is 4.74 Å². The number of anilines is 1. The van der Waals surface area contributed by atoms with Crippen molar-refractivity contribution in [1.29, 1.82) is 0 Å². The van der Waals surface area contributed by atoms with Crippen LogP contribution in [0.1, 0.15) is 29.5 Å². The van der Waals surface area contributed by atoms with Crippen LogP contribution in [0, 0.1) is 6.92 Å². The Kier molecular flexibility index (Phi) is 4.16. The first-order valence-corrected chi connectivity index (χ1v) is 9.49. The summed E-state index contributed by atoms with van der Waals surface area (Å²) in [4.78, 5) is 21.7. The summed E-state index contributed by atoms with van der Waals surface area (Å²) >= 11 is 0. The van der Waals surface area contributed by atoms with Crippen molar-refractivity contribution in [2.45, 2.75) is 38.3 Å². The molecule has 1 aliphatic carbocycles. The maximum Gasteiger partial charge on any atom is 0.267 e. The second-order valence-electron chi connectivity index (χ2n) is 7.18. The van der Waals surface area contributed by atoms with Gasteiger partial charge in [-0.3, -0.25) is 4.79 Å². The highest BCUT2D eigenvalue weighted by molar-refractivity contribution is 5.49. The Hall–Kier alpha value is -3.07. The molecule has 3 aromatic rings. The Bertz CT molecular complexity index is 1060. The molecule has 9 nitrogen and oxygen atoms in total. The number of nitrogens with zero attached hydrogens (tertiary/aromatic N) is 6. The first-order chi connectivity index (χ1) is 13.7. The van der Waals surface area contributed by atoms with Crippen molar-refractivity contribution in [3.8, 4) is 5.82 Å². The average molecular weight is 379 g/mol. The first-order valence-electron chi connectivity index (χ1n) is 9.49. The molecule has 0 bridgehead atoms. The fraction of sp³-hybridized carbons (Fsp3) is 0.421. The molecule has 2 unspecified atom stereocenters. The van der Waals surface area contributed by atoms with E-state index in [2.05, 4.69) is 25.5 Å². The van der Waals surface area contributed by atoms with Crippen LogP contribution in [-0.2, 0) is 17.6 Å². The minimum atomic E-state index is -0.227. The molecule has 1 N–H and O–H groups in total. The van der Waals surface area contributed by atoms with E-state index in [1.807, 2.05) is 13.0 Å². The molecular formula is C19H21N7O2. The highest BCUT2D eigenvalue weighted by Gasteiger charge is 2.33. The second kappa shape index (κ2) is 6.83. The molecule has 1 saturated heterocycles. The third kappa shape index (κ3) is 2.97. The van der Waals surface area contributed by atoms with E-state index >= 15 is 0 Å². The van der Waals surface area contributed by atoms with Gasteiger partial charge in [0, 0.05) is 29.7 Å².